The molecule has 17 heavy (non-hydrogen) atoms. The van der Waals surface area contributed by atoms with E-state index in [1.54, 1.807) is 17.4 Å². The van der Waals surface area contributed by atoms with Gasteiger partial charge in [0.05, 0.1) is 6.61 Å². The van der Waals surface area contributed by atoms with Crippen molar-refractivity contribution < 1.29 is 9.53 Å². The quantitative estimate of drug-likeness (QED) is 0.763. The summed E-state index contributed by atoms with van der Waals surface area (Å²) in [4.78, 5) is 13.0. The lowest BCUT2D eigenvalue weighted by atomic mass is 10.3. The average molecular weight is 249 g/mol. The summed E-state index contributed by atoms with van der Waals surface area (Å²) in [6.07, 6.45) is 2.86. The number of thiophene rings is 1. The van der Waals surface area contributed by atoms with Crippen LogP contribution < -0.4 is 0 Å². The number of carbonyl (C=O) groups is 1. The van der Waals surface area contributed by atoms with E-state index >= 15 is 0 Å². The van der Waals surface area contributed by atoms with Crippen molar-refractivity contribution in [3.63, 3.8) is 0 Å². The Morgan fingerprint density at radius 2 is 2.29 bits per heavy atom. The van der Waals surface area contributed by atoms with Crippen molar-refractivity contribution >= 4 is 17.3 Å². The highest BCUT2D eigenvalue weighted by Gasteiger charge is 2.11. The monoisotopic (exact) mass is 249 g/mol. The average Bonchev–Trinajstić information content (AvgIpc) is 2.98. The van der Waals surface area contributed by atoms with Crippen LogP contribution in [0.1, 0.15) is 22.3 Å². The van der Waals surface area contributed by atoms with Gasteiger partial charge in [0.25, 0.3) is 0 Å². The standard InChI is InChI=1S/C13H15NO2S/c1-2-16-13(15)12-6-3-8-14(12)9-7-11-5-4-10-17-11/h3-6,8,10H,2,7,9H2,1H3. The number of aryl methyl sites for hydroxylation is 2. The number of nitrogens with zero attached hydrogens (tertiary/aromatic N) is 1. The van der Waals surface area contributed by atoms with Crippen molar-refractivity contribution in [1.82, 2.24) is 4.57 Å². The molecule has 0 aliphatic heterocycles. The zero-order chi connectivity index (χ0) is 12.1. The molecule has 3 nitrogen and oxygen atoms in total. The summed E-state index contributed by atoms with van der Waals surface area (Å²) in [6, 6.07) is 7.83. The van der Waals surface area contributed by atoms with Crippen LogP contribution in [0.4, 0.5) is 0 Å². The second-order valence-electron chi connectivity index (χ2n) is 3.64. The molecule has 0 fully saturated rings. The smallest absolute Gasteiger partial charge is 0.354 e. The van der Waals surface area contributed by atoms with Crippen LogP contribution in [0, 0.1) is 0 Å². The second-order valence-corrected chi connectivity index (χ2v) is 4.67. The Labute approximate surface area is 105 Å². The minimum absolute atomic E-state index is 0.247. The first-order chi connectivity index (χ1) is 8.31. The summed E-state index contributed by atoms with van der Waals surface area (Å²) >= 11 is 1.74. The van der Waals surface area contributed by atoms with E-state index in [0.717, 1.165) is 13.0 Å². The maximum Gasteiger partial charge on any atom is 0.354 e. The van der Waals surface area contributed by atoms with Gasteiger partial charge in [-0.25, -0.2) is 4.79 Å². The number of hydrogen-bond acceptors (Lipinski definition) is 3. The summed E-state index contributed by atoms with van der Waals surface area (Å²) in [7, 11) is 0. The molecule has 0 atom stereocenters. The highest BCUT2D eigenvalue weighted by atomic mass is 32.1. The maximum absolute atomic E-state index is 11.6. The molecule has 0 unspecified atom stereocenters. The molecule has 0 amide bonds. The lowest BCUT2D eigenvalue weighted by Gasteiger charge is -2.07. The van der Waals surface area contributed by atoms with Crippen LogP contribution >= 0.6 is 11.3 Å². The molecule has 90 valence electrons. The van der Waals surface area contributed by atoms with Crippen molar-refractivity contribution in [3.8, 4) is 0 Å². The van der Waals surface area contributed by atoms with E-state index in [1.165, 1.54) is 4.88 Å². The van der Waals surface area contributed by atoms with Crippen LogP contribution in [0.2, 0.25) is 0 Å². The van der Waals surface area contributed by atoms with E-state index in [0.29, 0.717) is 12.3 Å². The van der Waals surface area contributed by atoms with Crippen molar-refractivity contribution in [1.29, 1.82) is 0 Å². The molecule has 2 aromatic rings. The Balaban J connectivity index is 2.01. The molecule has 0 saturated heterocycles. The fourth-order valence-electron chi connectivity index (χ4n) is 1.68. The Morgan fingerprint density at radius 3 is 3.00 bits per heavy atom. The topological polar surface area (TPSA) is 31.2 Å². The van der Waals surface area contributed by atoms with Gasteiger partial charge in [-0.05, 0) is 36.9 Å². The summed E-state index contributed by atoms with van der Waals surface area (Å²) in [5.41, 5.74) is 0.628. The predicted molar refractivity (Wildman–Crippen MR) is 68.4 cm³/mol. The number of hydrogen-bond donors (Lipinski definition) is 0. The Kier molecular flexibility index (Phi) is 3.98. The van der Waals surface area contributed by atoms with Gasteiger partial charge in [0.1, 0.15) is 5.69 Å². The van der Waals surface area contributed by atoms with Crippen LogP contribution in [-0.2, 0) is 17.7 Å². The summed E-state index contributed by atoms with van der Waals surface area (Å²) in [5, 5.41) is 2.07. The van der Waals surface area contributed by atoms with E-state index in [4.69, 9.17) is 4.74 Å². The third kappa shape index (κ3) is 2.97. The lowest BCUT2D eigenvalue weighted by Crippen LogP contribution is -2.12. The number of aromatic nitrogens is 1. The van der Waals surface area contributed by atoms with Gasteiger partial charge < -0.3 is 9.30 Å². The van der Waals surface area contributed by atoms with Crippen molar-refractivity contribution in [2.75, 3.05) is 6.61 Å². The normalized spacial score (nSPS) is 10.4. The third-order valence-electron chi connectivity index (χ3n) is 2.49. The molecule has 4 heteroatoms. The molecule has 0 radical (unpaired) electrons. The van der Waals surface area contributed by atoms with E-state index in [1.807, 2.05) is 29.8 Å². The van der Waals surface area contributed by atoms with E-state index in [-0.39, 0.29) is 5.97 Å². The van der Waals surface area contributed by atoms with Crippen molar-refractivity contribution in [3.05, 3.63) is 46.4 Å². The number of carbonyl (C=O) groups excluding carboxylic acids is 1. The minimum Gasteiger partial charge on any atom is -0.461 e. The molecule has 0 N–H and O–H groups in total. The Morgan fingerprint density at radius 1 is 1.41 bits per heavy atom. The number of esters is 1. The van der Waals surface area contributed by atoms with E-state index in [2.05, 4.69) is 11.4 Å². The van der Waals surface area contributed by atoms with Crippen LogP contribution in [0.25, 0.3) is 0 Å². The Bertz CT molecular complexity index is 473. The zero-order valence-corrected chi connectivity index (χ0v) is 10.6. The molecular weight excluding hydrogens is 234 g/mol. The maximum atomic E-state index is 11.6. The third-order valence-corrected chi connectivity index (χ3v) is 3.43. The first kappa shape index (κ1) is 11.9. The molecule has 0 bridgehead atoms. The molecule has 2 rings (SSSR count). The lowest BCUT2D eigenvalue weighted by molar-refractivity contribution is 0.0514. The predicted octanol–water partition coefficient (Wildman–Crippen LogP) is 2.97. The fourth-order valence-corrected chi connectivity index (χ4v) is 2.38. The minimum atomic E-state index is -0.247. The largest absolute Gasteiger partial charge is 0.461 e. The van der Waals surface area contributed by atoms with Crippen molar-refractivity contribution in [2.45, 2.75) is 19.9 Å². The van der Waals surface area contributed by atoms with Crippen LogP contribution in [0.3, 0.4) is 0 Å². The number of rotatable bonds is 5. The van der Waals surface area contributed by atoms with Gasteiger partial charge in [0.15, 0.2) is 0 Å². The molecule has 2 heterocycles. The Hall–Kier alpha value is -1.55. The summed E-state index contributed by atoms with van der Waals surface area (Å²) < 4.78 is 6.95. The van der Waals surface area contributed by atoms with Crippen molar-refractivity contribution in [2.24, 2.45) is 0 Å². The van der Waals surface area contributed by atoms with Crippen LogP contribution in [-0.4, -0.2) is 17.1 Å². The van der Waals surface area contributed by atoms with Gasteiger partial charge in [-0.3, -0.25) is 0 Å². The van der Waals surface area contributed by atoms with Gasteiger partial charge in [0, 0.05) is 17.6 Å². The second kappa shape index (κ2) is 5.68. The molecule has 0 spiro atoms. The van der Waals surface area contributed by atoms with E-state index < -0.39 is 0 Å². The van der Waals surface area contributed by atoms with Crippen LogP contribution in [0.5, 0.6) is 0 Å². The summed E-state index contributed by atoms with van der Waals surface area (Å²) in [5.74, 6) is -0.247. The first-order valence-corrected chi connectivity index (χ1v) is 6.54. The summed E-state index contributed by atoms with van der Waals surface area (Å²) in [6.45, 7) is 3.04. The number of ether oxygens (including phenoxy) is 1. The van der Waals surface area contributed by atoms with Gasteiger partial charge in [-0.15, -0.1) is 11.3 Å². The fraction of sp³-hybridized carbons (Fsp3) is 0.308. The van der Waals surface area contributed by atoms with Gasteiger partial charge in [-0.1, -0.05) is 6.07 Å². The van der Waals surface area contributed by atoms with Gasteiger partial charge in [-0.2, -0.15) is 0 Å². The first-order valence-electron chi connectivity index (χ1n) is 5.66. The van der Waals surface area contributed by atoms with Gasteiger partial charge >= 0.3 is 5.97 Å². The SMILES string of the molecule is CCOC(=O)c1cccn1CCc1cccs1. The zero-order valence-electron chi connectivity index (χ0n) is 9.76. The molecule has 0 aliphatic carbocycles. The van der Waals surface area contributed by atoms with Gasteiger partial charge in [0.2, 0.25) is 0 Å². The molecule has 0 saturated carbocycles. The molecule has 0 aliphatic rings. The van der Waals surface area contributed by atoms with Crippen LogP contribution in [0.15, 0.2) is 35.8 Å². The highest BCUT2D eigenvalue weighted by Crippen LogP contribution is 2.12. The van der Waals surface area contributed by atoms with E-state index in [9.17, 15) is 4.79 Å². The molecule has 0 aromatic carbocycles. The highest BCUT2D eigenvalue weighted by molar-refractivity contribution is 7.09. The molecular formula is C13H15NO2S. The molecule has 2 aromatic heterocycles.